The normalized spacial score (nSPS) is 16.3. The number of aryl methyl sites for hydroxylation is 1. The molecule has 0 N–H and O–H groups in total. The third-order valence-electron chi connectivity index (χ3n) is 3.70. The summed E-state index contributed by atoms with van der Waals surface area (Å²) in [6.45, 7) is 3.70. The number of carbonyl (C=O) groups is 2. The molecule has 5 nitrogen and oxygen atoms in total. The van der Waals surface area contributed by atoms with Crippen molar-refractivity contribution in [3.05, 3.63) is 65.2 Å². The molecular weight excluding hydrogens is 313 g/mol. The molecule has 2 amide bonds. The van der Waals surface area contributed by atoms with Gasteiger partial charge in [-0.25, -0.2) is 0 Å². The van der Waals surface area contributed by atoms with Gasteiger partial charge in [-0.2, -0.15) is 4.67 Å². The van der Waals surface area contributed by atoms with Gasteiger partial charge in [-0.3, -0.25) is 14.2 Å². The molecule has 1 unspecified atom stereocenters. The Hall–Kier alpha value is -2.23. The van der Waals surface area contributed by atoms with E-state index in [1.807, 2.05) is 6.92 Å². The van der Waals surface area contributed by atoms with Gasteiger partial charge >= 0.3 is 7.52 Å². The van der Waals surface area contributed by atoms with Crippen LogP contribution in [0.2, 0.25) is 0 Å². The van der Waals surface area contributed by atoms with Gasteiger partial charge in [-0.05, 0) is 38.1 Å². The molecule has 2 aromatic rings. The Morgan fingerprint density at radius 2 is 1.48 bits per heavy atom. The maximum absolute atomic E-state index is 13.5. The largest absolute Gasteiger partial charge is 0.335 e. The molecule has 1 aliphatic heterocycles. The first-order chi connectivity index (χ1) is 11.0. The van der Waals surface area contributed by atoms with Crippen LogP contribution in [0.1, 0.15) is 33.2 Å². The van der Waals surface area contributed by atoms with Crippen LogP contribution >= 0.6 is 7.52 Å². The molecule has 2 aromatic carbocycles. The fourth-order valence-electron chi connectivity index (χ4n) is 2.57. The van der Waals surface area contributed by atoms with Crippen molar-refractivity contribution in [3.8, 4) is 0 Å². The number of imide groups is 1. The summed E-state index contributed by atoms with van der Waals surface area (Å²) in [4.78, 5) is 25.2. The van der Waals surface area contributed by atoms with Gasteiger partial charge in [0.15, 0.2) is 0 Å². The molecule has 6 heteroatoms. The number of rotatable bonds is 4. The zero-order valence-electron chi connectivity index (χ0n) is 12.9. The summed E-state index contributed by atoms with van der Waals surface area (Å²) < 4.78 is 19.7. The van der Waals surface area contributed by atoms with Gasteiger partial charge < -0.3 is 4.52 Å². The van der Waals surface area contributed by atoms with Crippen molar-refractivity contribution < 1.29 is 18.7 Å². The molecule has 0 aromatic heterocycles. The van der Waals surface area contributed by atoms with Gasteiger partial charge in [-0.1, -0.05) is 29.8 Å². The van der Waals surface area contributed by atoms with Crippen molar-refractivity contribution >= 4 is 24.6 Å². The van der Waals surface area contributed by atoms with Crippen molar-refractivity contribution in [3.63, 3.8) is 0 Å². The number of amides is 2. The van der Waals surface area contributed by atoms with Crippen LogP contribution in [-0.4, -0.2) is 23.1 Å². The van der Waals surface area contributed by atoms with Crippen LogP contribution in [0.25, 0.3) is 0 Å². The average molecular weight is 329 g/mol. The van der Waals surface area contributed by atoms with Crippen LogP contribution in [0.15, 0.2) is 48.5 Å². The highest BCUT2D eigenvalue weighted by atomic mass is 31.2. The molecule has 23 heavy (non-hydrogen) atoms. The van der Waals surface area contributed by atoms with Crippen molar-refractivity contribution in [2.24, 2.45) is 0 Å². The highest BCUT2D eigenvalue weighted by molar-refractivity contribution is 7.66. The Bertz CT molecular complexity index is 794. The summed E-state index contributed by atoms with van der Waals surface area (Å²) in [5.74, 6) is -1.16. The predicted octanol–water partition coefficient (Wildman–Crippen LogP) is 3.15. The zero-order chi connectivity index (χ0) is 16.6. The SMILES string of the molecule is CCOP(=O)(c1ccc(C)cc1)N1C(=O)c2ccccc2C1=O. The highest BCUT2D eigenvalue weighted by Gasteiger charge is 2.48. The molecule has 1 heterocycles. The molecule has 1 aliphatic rings. The lowest BCUT2D eigenvalue weighted by molar-refractivity contribution is 0.0744. The number of nitrogens with zero attached hydrogens (tertiary/aromatic N) is 1. The molecule has 0 fully saturated rings. The van der Waals surface area contributed by atoms with Crippen LogP contribution in [0.5, 0.6) is 0 Å². The molecule has 118 valence electrons. The van der Waals surface area contributed by atoms with Gasteiger partial charge in [-0.15, -0.1) is 0 Å². The standard InChI is InChI=1S/C17H16NO4P/c1-3-22-23(21,13-10-8-12(2)9-11-13)18-16(19)14-6-4-5-7-15(14)17(18)20/h4-11H,3H2,1-2H3. The first-order valence-corrected chi connectivity index (χ1v) is 8.87. The number of fused-ring (bicyclic) bond motifs is 1. The quantitative estimate of drug-likeness (QED) is 0.638. The van der Waals surface area contributed by atoms with E-state index in [1.54, 1.807) is 55.5 Å². The summed E-state index contributed by atoms with van der Waals surface area (Å²) in [6.07, 6.45) is 0. The Labute approximate surface area is 134 Å². The van der Waals surface area contributed by atoms with E-state index < -0.39 is 19.3 Å². The van der Waals surface area contributed by atoms with E-state index >= 15 is 0 Å². The first kappa shape index (κ1) is 15.7. The summed E-state index contributed by atoms with van der Waals surface area (Å²) in [6, 6.07) is 13.3. The number of hydrogen-bond acceptors (Lipinski definition) is 4. The molecule has 0 saturated heterocycles. The maximum Gasteiger partial charge on any atom is 0.335 e. The topological polar surface area (TPSA) is 63.7 Å². The van der Waals surface area contributed by atoms with Crippen LogP contribution in [-0.2, 0) is 9.09 Å². The van der Waals surface area contributed by atoms with E-state index in [-0.39, 0.29) is 17.7 Å². The first-order valence-electron chi connectivity index (χ1n) is 7.29. The van der Waals surface area contributed by atoms with Crippen molar-refractivity contribution in [1.29, 1.82) is 0 Å². The summed E-state index contributed by atoms with van der Waals surface area (Å²) in [7, 11) is -3.80. The molecule has 0 spiro atoms. The summed E-state index contributed by atoms with van der Waals surface area (Å²) in [5, 5.41) is 0.333. The van der Waals surface area contributed by atoms with E-state index in [0.717, 1.165) is 10.2 Å². The highest BCUT2D eigenvalue weighted by Crippen LogP contribution is 2.53. The number of hydrogen-bond donors (Lipinski definition) is 0. The Balaban J connectivity index is 2.13. The Kier molecular flexibility index (Phi) is 3.92. The molecule has 3 rings (SSSR count). The minimum absolute atomic E-state index is 0.124. The fraction of sp³-hybridized carbons (Fsp3) is 0.176. The molecule has 0 bridgehead atoms. The van der Waals surface area contributed by atoms with Crippen molar-refractivity contribution in [2.45, 2.75) is 13.8 Å². The minimum atomic E-state index is -3.80. The predicted molar refractivity (Wildman–Crippen MR) is 87.0 cm³/mol. The second-order valence-corrected chi connectivity index (χ2v) is 7.46. The van der Waals surface area contributed by atoms with Gasteiger partial charge in [0.05, 0.1) is 23.0 Å². The van der Waals surface area contributed by atoms with Gasteiger partial charge in [0.2, 0.25) is 0 Å². The minimum Gasteiger partial charge on any atom is -0.310 e. The van der Waals surface area contributed by atoms with E-state index in [4.69, 9.17) is 4.52 Å². The molecular formula is C17H16NO4P. The Morgan fingerprint density at radius 1 is 0.957 bits per heavy atom. The van der Waals surface area contributed by atoms with Crippen LogP contribution in [0.4, 0.5) is 0 Å². The van der Waals surface area contributed by atoms with Crippen LogP contribution < -0.4 is 5.30 Å². The van der Waals surface area contributed by atoms with Crippen molar-refractivity contribution in [2.75, 3.05) is 6.61 Å². The summed E-state index contributed by atoms with van der Waals surface area (Å²) in [5.41, 5.74) is 1.49. The van der Waals surface area contributed by atoms with E-state index in [2.05, 4.69) is 0 Å². The Morgan fingerprint density at radius 3 is 1.96 bits per heavy atom. The van der Waals surface area contributed by atoms with E-state index in [0.29, 0.717) is 5.30 Å². The maximum atomic E-state index is 13.5. The smallest absolute Gasteiger partial charge is 0.310 e. The van der Waals surface area contributed by atoms with E-state index in [1.165, 1.54) is 0 Å². The van der Waals surface area contributed by atoms with Crippen LogP contribution in [0, 0.1) is 6.92 Å². The third-order valence-corrected chi connectivity index (χ3v) is 6.15. The lowest BCUT2D eigenvalue weighted by Gasteiger charge is -2.25. The second-order valence-electron chi connectivity index (χ2n) is 5.24. The molecule has 0 aliphatic carbocycles. The zero-order valence-corrected chi connectivity index (χ0v) is 13.7. The lowest BCUT2D eigenvalue weighted by atomic mass is 10.1. The van der Waals surface area contributed by atoms with Gasteiger partial charge in [0.25, 0.3) is 11.8 Å². The molecule has 1 atom stereocenters. The molecule has 0 radical (unpaired) electrons. The van der Waals surface area contributed by atoms with Crippen LogP contribution in [0.3, 0.4) is 0 Å². The van der Waals surface area contributed by atoms with E-state index in [9.17, 15) is 14.2 Å². The summed E-state index contributed by atoms with van der Waals surface area (Å²) >= 11 is 0. The third kappa shape index (κ3) is 2.42. The van der Waals surface area contributed by atoms with Gasteiger partial charge in [0, 0.05) is 0 Å². The number of benzene rings is 2. The van der Waals surface area contributed by atoms with Crippen molar-refractivity contribution in [1.82, 2.24) is 4.67 Å². The average Bonchev–Trinajstić information content (AvgIpc) is 2.80. The second kappa shape index (κ2) is 5.76. The fourth-order valence-corrected chi connectivity index (χ4v) is 4.64. The lowest BCUT2D eigenvalue weighted by Crippen LogP contribution is -2.32. The monoisotopic (exact) mass is 329 g/mol. The molecule has 0 saturated carbocycles. The van der Waals surface area contributed by atoms with Gasteiger partial charge in [0.1, 0.15) is 0 Å². The number of carbonyl (C=O) groups excluding carboxylic acids is 2.